The van der Waals surface area contributed by atoms with Gasteiger partial charge in [0.05, 0.1) is 54.0 Å². The van der Waals surface area contributed by atoms with Gasteiger partial charge in [-0.25, -0.2) is 14.8 Å². The summed E-state index contributed by atoms with van der Waals surface area (Å²) in [6.45, 7) is 0.0336. The van der Waals surface area contributed by atoms with Crippen molar-refractivity contribution in [2.24, 2.45) is 0 Å². The van der Waals surface area contributed by atoms with Crippen LogP contribution in [0.15, 0.2) is 54.7 Å². The maximum atomic E-state index is 12.0. The second-order valence-corrected chi connectivity index (χ2v) is 10.7. The highest BCUT2D eigenvalue weighted by Gasteiger charge is 2.27. The lowest BCUT2D eigenvalue weighted by molar-refractivity contribution is -0.119. The van der Waals surface area contributed by atoms with Gasteiger partial charge in [-0.05, 0) is 18.6 Å². The Bertz CT molecular complexity index is 1750. The van der Waals surface area contributed by atoms with Crippen molar-refractivity contribution < 1.29 is 29.0 Å². The number of ether oxygens (including phenoxy) is 2. The van der Waals surface area contributed by atoms with E-state index in [0.29, 0.717) is 74.1 Å². The number of carbonyl (C=O) groups excluding carboxylic acids is 2. The quantitative estimate of drug-likeness (QED) is 0.208. The Kier molecular flexibility index (Phi) is 9.26. The number of methoxy groups -OCH3 is 2. The molecule has 0 bridgehead atoms. The summed E-state index contributed by atoms with van der Waals surface area (Å²) in [6.07, 6.45) is 1.95. The lowest BCUT2D eigenvalue weighted by atomic mass is 9.98. The van der Waals surface area contributed by atoms with Crippen LogP contribution < -0.4 is 14.8 Å². The molecule has 44 heavy (non-hydrogen) atoms. The highest BCUT2D eigenvalue weighted by molar-refractivity contribution is 6.39. The SMILES string of the molecule is COc1nc(-c2cccc(-c3cccc(-c4cnc(CN(C[C@@H]5CCC(=O)N5)C(=O)O)c(OC)n4)c3Cl)c2Cl)ccc1C=O. The number of carbonyl (C=O) groups is 3. The molecule has 1 fully saturated rings. The zero-order chi connectivity index (χ0) is 31.4. The average Bonchev–Trinajstić information content (AvgIpc) is 3.45. The standard InChI is InChI=1S/C31H27Cl2N5O6/c1-43-29-17(16-39)9-11-23(36-29)21-7-3-5-19(27(21)32)20-6-4-8-22(28(20)33)24-13-34-25(30(37-24)44-2)15-38(31(41)42)14-18-10-12-26(40)35-18/h3-9,11,13,16,18H,10,12,14-15H2,1-2H3,(H,35,40)(H,41,42)/t18-/m0/s1. The van der Waals surface area contributed by atoms with Gasteiger partial charge in [0.2, 0.25) is 17.7 Å². The molecule has 2 aromatic carbocycles. The molecule has 2 aromatic heterocycles. The van der Waals surface area contributed by atoms with Crippen LogP contribution in [0.4, 0.5) is 4.79 Å². The van der Waals surface area contributed by atoms with Gasteiger partial charge in [0.25, 0.3) is 0 Å². The fraction of sp³-hybridized carbons (Fsp3) is 0.226. The minimum absolute atomic E-state index is 0.0824. The molecule has 5 rings (SSSR count). The van der Waals surface area contributed by atoms with Crippen molar-refractivity contribution in [1.29, 1.82) is 0 Å². The summed E-state index contributed by atoms with van der Waals surface area (Å²) < 4.78 is 10.7. The monoisotopic (exact) mass is 635 g/mol. The maximum absolute atomic E-state index is 12.0. The molecule has 0 saturated carbocycles. The number of halogens is 2. The normalized spacial score (nSPS) is 14.2. The number of hydrogen-bond acceptors (Lipinski definition) is 8. The van der Waals surface area contributed by atoms with E-state index in [2.05, 4.69) is 20.3 Å². The van der Waals surface area contributed by atoms with Gasteiger partial charge in [0, 0.05) is 41.3 Å². The summed E-state index contributed by atoms with van der Waals surface area (Å²) in [6, 6.07) is 13.9. The molecular weight excluding hydrogens is 609 g/mol. The van der Waals surface area contributed by atoms with Crippen molar-refractivity contribution in [2.75, 3.05) is 20.8 Å². The number of nitrogens with one attached hydrogen (secondary N) is 1. The molecule has 13 heteroatoms. The molecule has 0 unspecified atom stereocenters. The summed E-state index contributed by atoms with van der Waals surface area (Å²) in [5.41, 5.74) is 4.01. The first-order chi connectivity index (χ1) is 21.2. The van der Waals surface area contributed by atoms with E-state index in [4.69, 9.17) is 32.7 Å². The van der Waals surface area contributed by atoms with Crippen molar-refractivity contribution in [1.82, 2.24) is 25.2 Å². The van der Waals surface area contributed by atoms with E-state index in [9.17, 15) is 19.5 Å². The first-order valence-electron chi connectivity index (χ1n) is 13.5. The maximum Gasteiger partial charge on any atom is 0.407 e. The molecule has 1 aliphatic rings. The Labute approximate surface area is 262 Å². The third-order valence-corrected chi connectivity index (χ3v) is 8.01. The fourth-order valence-corrected chi connectivity index (χ4v) is 5.65. The van der Waals surface area contributed by atoms with Gasteiger partial charge in [0.15, 0.2) is 6.29 Å². The minimum atomic E-state index is -1.15. The molecule has 0 spiro atoms. The van der Waals surface area contributed by atoms with Crippen LogP contribution in [0.1, 0.15) is 28.9 Å². The second kappa shape index (κ2) is 13.3. The van der Waals surface area contributed by atoms with Crippen molar-refractivity contribution in [2.45, 2.75) is 25.4 Å². The van der Waals surface area contributed by atoms with Crippen LogP contribution in [0.3, 0.4) is 0 Å². The summed E-state index contributed by atoms with van der Waals surface area (Å²) in [5, 5.41) is 13.3. The molecule has 1 saturated heterocycles. The van der Waals surface area contributed by atoms with E-state index in [1.54, 1.807) is 18.2 Å². The number of aldehydes is 1. The van der Waals surface area contributed by atoms with Gasteiger partial charge in [-0.15, -0.1) is 0 Å². The number of carboxylic acid groups (broad SMARTS) is 1. The van der Waals surface area contributed by atoms with Crippen LogP contribution in [0.5, 0.6) is 11.8 Å². The van der Waals surface area contributed by atoms with Gasteiger partial charge in [0.1, 0.15) is 5.69 Å². The van der Waals surface area contributed by atoms with E-state index in [0.717, 1.165) is 0 Å². The number of nitrogens with zero attached hydrogens (tertiary/aromatic N) is 4. The Morgan fingerprint density at radius 1 is 0.977 bits per heavy atom. The fourth-order valence-electron chi connectivity index (χ4n) is 5.00. The van der Waals surface area contributed by atoms with Crippen LogP contribution in [0, 0.1) is 0 Å². The lowest BCUT2D eigenvalue weighted by Crippen LogP contribution is -2.41. The largest absolute Gasteiger partial charge is 0.480 e. The highest BCUT2D eigenvalue weighted by atomic mass is 35.5. The van der Waals surface area contributed by atoms with Crippen LogP contribution in [-0.2, 0) is 11.3 Å². The van der Waals surface area contributed by atoms with E-state index < -0.39 is 6.09 Å². The molecule has 226 valence electrons. The topological polar surface area (TPSA) is 144 Å². The molecule has 0 aliphatic carbocycles. The molecule has 1 atom stereocenters. The average molecular weight is 636 g/mol. The molecular formula is C31H27Cl2N5O6. The minimum Gasteiger partial charge on any atom is -0.480 e. The first kappa shape index (κ1) is 30.7. The van der Waals surface area contributed by atoms with E-state index in [-0.39, 0.29) is 36.8 Å². The molecule has 2 N–H and O–H groups in total. The molecule has 11 nitrogen and oxygen atoms in total. The number of rotatable bonds is 10. The predicted octanol–water partition coefficient (Wildman–Crippen LogP) is 5.77. The smallest absolute Gasteiger partial charge is 0.407 e. The summed E-state index contributed by atoms with van der Waals surface area (Å²) in [4.78, 5) is 49.5. The van der Waals surface area contributed by atoms with E-state index in [1.165, 1.54) is 25.3 Å². The predicted molar refractivity (Wildman–Crippen MR) is 164 cm³/mol. The van der Waals surface area contributed by atoms with E-state index in [1.807, 2.05) is 30.3 Å². The van der Waals surface area contributed by atoms with Crippen LogP contribution in [0.25, 0.3) is 33.6 Å². The third kappa shape index (κ3) is 6.29. The summed E-state index contributed by atoms with van der Waals surface area (Å²) in [5.74, 6) is 0.232. The van der Waals surface area contributed by atoms with E-state index >= 15 is 0 Å². The van der Waals surface area contributed by atoms with Gasteiger partial charge in [-0.2, -0.15) is 0 Å². The molecule has 3 heterocycles. The van der Waals surface area contributed by atoms with Crippen molar-refractivity contribution >= 4 is 41.5 Å². The van der Waals surface area contributed by atoms with Crippen molar-refractivity contribution in [3.63, 3.8) is 0 Å². The third-order valence-electron chi connectivity index (χ3n) is 7.19. The number of pyridine rings is 1. The number of benzene rings is 2. The summed E-state index contributed by atoms with van der Waals surface area (Å²) in [7, 11) is 2.86. The van der Waals surface area contributed by atoms with Crippen LogP contribution in [0.2, 0.25) is 10.0 Å². The zero-order valence-corrected chi connectivity index (χ0v) is 25.2. The molecule has 1 aliphatic heterocycles. The summed E-state index contributed by atoms with van der Waals surface area (Å²) >= 11 is 13.8. The van der Waals surface area contributed by atoms with Crippen LogP contribution >= 0.6 is 23.2 Å². The number of aromatic nitrogens is 3. The Balaban J connectivity index is 1.46. The zero-order valence-electron chi connectivity index (χ0n) is 23.7. The van der Waals surface area contributed by atoms with Gasteiger partial charge in [-0.3, -0.25) is 14.6 Å². The number of amides is 2. The highest BCUT2D eigenvalue weighted by Crippen LogP contribution is 2.42. The second-order valence-electron chi connectivity index (χ2n) is 9.92. The Morgan fingerprint density at radius 2 is 1.59 bits per heavy atom. The molecule has 2 amide bonds. The van der Waals surface area contributed by atoms with Gasteiger partial charge >= 0.3 is 6.09 Å². The van der Waals surface area contributed by atoms with Crippen molar-refractivity contribution in [3.05, 3.63) is 76.0 Å². The van der Waals surface area contributed by atoms with Crippen LogP contribution in [-0.4, -0.2) is 70.1 Å². The van der Waals surface area contributed by atoms with Gasteiger partial charge in [-0.1, -0.05) is 59.6 Å². The first-order valence-corrected chi connectivity index (χ1v) is 14.2. The number of hydrogen-bond donors (Lipinski definition) is 2. The molecule has 4 aromatic rings. The van der Waals surface area contributed by atoms with Gasteiger partial charge < -0.3 is 24.8 Å². The van der Waals surface area contributed by atoms with Crippen molar-refractivity contribution in [3.8, 4) is 45.4 Å². The Morgan fingerprint density at radius 3 is 2.16 bits per heavy atom. The Hall–Kier alpha value is -4.74. The molecule has 0 radical (unpaired) electrons. The lowest BCUT2D eigenvalue weighted by Gasteiger charge is -2.23.